The first kappa shape index (κ1) is 9.08. The standard InChI is InChI=1S/C12H14N2/c13-6-5-11-7-9-3-1-2-4-10(9)8-12(11)14/h7-8H,1-5,14H2. The number of hydrogen-bond donors (Lipinski definition) is 1. The van der Waals surface area contributed by atoms with Crippen LogP contribution in [0.25, 0.3) is 0 Å². The van der Waals surface area contributed by atoms with Gasteiger partial charge >= 0.3 is 0 Å². The Morgan fingerprint density at radius 2 is 1.86 bits per heavy atom. The van der Waals surface area contributed by atoms with Crippen LogP contribution in [0.3, 0.4) is 0 Å². The summed E-state index contributed by atoms with van der Waals surface area (Å²) in [6.07, 6.45) is 5.26. The topological polar surface area (TPSA) is 49.8 Å². The van der Waals surface area contributed by atoms with Gasteiger partial charge in [-0.15, -0.1) is 0 Å². The molecular formula is C12H14N2. The number of anilines is 1. The van der Waals surface area contributed by atoms with Gasteiger partial charge in [-0.1, -0.05) is 6.07 Å². The molecule has 1 aromatic rings. The SMILES string of the molecule is N#CCc1cc2c(cc1N)CCCC2. The molecule has 2 nitrogen and oxygen atoms in total. The second kappa shape index (κ2) is 3.71. The first-order valence-electron chi connectivity index (χ1n) is 5.08. The van der Waals surface area contributed by atoms with Crippen LogP contribution >= 0.6 is 0 Å². The molecule has 1 aliphatic carbocycles. The van der Waals surface area contributed by atoms with Crippen LogP contribution in [0.15, 0.2) is 12.1 Å². The second-order valence-corrected chi connectivity index (χ2v) is 3.86. The molecule has 0 saturated heterocycles. The highest BCUT2D eigenvalue weighted by Crippen LogP contribution is 2.26. The molecule has 2 heteroatoms. The van der Waals surface area contributed by atoms with Crippen molar-refractivity contribution < 1.29 is 0 Å². The van der Waals surface area contributed by atoms with Crippen molar-refractivity contribution in [1.29, 1.82) is 5.26 Å². The van der Waals surface area contributed by atoms with Crippen LogP contribution in [-0.2, 0) is 19.3 Å². The summed E-state index contributed by atoms with van der Waals surface area (Å²) < 4.78 is 0. The molecule has 72 valence electrons. The Bertz CT molecular complexity index is 388. The van der Waals surface area contributed by atoms with E-state index in [2.05, 4.69) is 18.2 Å². The maximum Gasteiger partial charge on any atom is 0.0670 e. The van der Waals surface area contributed by atoms with Gasteiger partial charge in [0.15, 0.2) is 0 Å². The van der Waals surface area contributed by atoms with Gasteiger partial charge in [0.1, 0.15) is 0 Å². The van der Waals surface area contributed by atoms with Gasteiger partial charge in [0.25, 0.3) is 0 Å². The average Bonchev–Trinajstić information content (AvgIpc) is 2.19. The lowest BCUT2D eigenvalue weighted by molar-refractivity contribution is 0.685. The molecule has 0 saturated carbocycles. The van der Waals surface area contributed by atoms with E-state index in [4.69, 9.17) is 11.0 Å². The Balaban J connectivity index is 2.41. The lowest BCUT2D eigenvalue weighted by Gasteiger charge is -2.17. The molecule has 2 rings (SSSR count). The predicted molar refractivity (Wildman–Crippen MR) is 56.8 cm³/mol. The van der Waals surface area contributed by atoms with Crippen molar-refractivity contribution in [2.45, 2.75) is 32.1 Å². The fourth-order valence-electron chi connectivity index (χ4n) is 2.09. The van der Waals surface area contributed by atoms with Crippen LogP contribution in [0, 0.1) is 11.3 Å². The van der Waals surface area contributed by atoms with E-state index in [9.17, 15) is 0 Å². The number of nitrogens with zero attached hydrogens (tertiary/aromatic N) is 1. The van der Waals surface area contributed by atoms with Gasteiger partial charge in [0.2, 0.25) is 0 Å². The van der Waals surface area contributed by atoms with Crippen LogP contribution in [0.5, 0.6) is 0 Å². The fourth-order valence-corrected chi connectivity index (χ4v) is 2.09. The zero-order valence-electron chi connectivity index (χ0n) is 8.21. The lowest BCUT2D eigenvalue weighted by Crippen LogP contribution is -2.05. The van der Waals surface area contributed by atoms with Crippen molar-refractivity contribution in [2.75, 3.05) is 5.73 Å². The predicted octanol–water partition coefficient (Wildman–Crippen LogP) is 2.21. The van der Waals surface area contributed by atoms with E-state index < -0.39 is 0 Å². The second-order valence-electron chi connectivity index (χ2n) is 3.86. The summed E-state index contributed by atoms with van der Waals surface area (Å²) in [4.78, 5) is 0. The summed E-state index contributed by atoms with van der Waals surface area (Å²) in [6.45, 7) is 0. The van der Waals surface area contributed by atoms with Gasteiger partial charge in [-0.25, -0.2) is 0 Å². The Morgan fingerprint density at radius 1 is 1.21 bits per heavy atom. The first-order valence-corrected chi connectivity index (χ1v) is 5.08. The van der Waals surface area contributed by atoms with Gasteiger partial charge in [-0.05, 0) is 48.4 Å². The van der Waals surface area contributed by atoms with Gasteiger partial charge in [0.05, 0.1) is 12.5 Å². The van der Waals surface area contributed by atoms with E-state index in [-0.39, 0.29) is 0 Å². The number of benzene rings is 1. The summed E-state index contributed by atoms with van der Waals surface area (Å²) in [5, 5.41) is 8.64. The van der Waals surface area contributed by atoms with E-state index in [1.54, 1.807) is 0 Å². The number of nitrogen functional groups attached to an aromatic ring is 1. The minimum absolute atomic E-state index is 0.430. The lowest BCUT2D eigenvalue weighted by atomic mass is 9.89. The maximum atomic E-state index is 8.64. The van der Waals surface area contributed by atoms with Crippen LogP contribution in [0.4, 0.5) is 5.69 Å². The normalized spacial score (nSPS) is 14.5. The molecule has 0 aromatic heterocycles. The molecule has 0 radical (unpaired) electrons. The molecule has 0 fully saturated rings. The minimum Gasteiger partial charge on any atom is -0.398 e. The number of aryl methyl sites for hydroxylation is 2. The number of nitriles is 1. The van der Waals surface area contributed by atoms with Crippen LogP contribution in [0.2, 0.25) is 0 Å². The van der Waals surface area contributed by atoms with Crippen molar-refractivity contribution in [3.05, 3.63) is 28.8 Å². The first-order chi connectivity index (χ1) is 6.81. The molecular weight excluding hydrogens is 172 g/mol. The summed E-state index contributed by atoms with van der Waals surface area (Å²) in [6, 6.07) is 6.33. The summed E-state index contributed by atoms with van der Waals surface area (Å²) >= 11 is 0. The monoisotopic (exact) mass is 186 g/mol. The summed E-state index contributed by atoms with van der Waals surface area (Å²) in [7, 11) is 0. The van der Waals surface area contributed by atoms with Crippen molar-refractivity contribution in [3.8, 4) is 6.07 Å². The number of fused-ring (bicyclic) bond motifs is 1. The van der Waals surface area contributed by atoms with E-state index in [0.29, 0.717) is 6.42 Å². The van der Waals surface area contributed by atoms with Crippen molar-refractivity contribution in [3.63, 3.8) is 0 Å². The molecule has 0 atom stereocenters. The van der Waals surface area contributed by atoms with Crippen molar-refractivity contribution in [1.82, 2.24) is 0 Å². The largest absolute Gasteiger partial charge is 0.398 e. The van der Waals surface area contributed by atoms with Gasteiger partial charge in [-0.2, -0.15) is 5.26 Å². The van der Waals surface area contributed by atoms with E-state index >= 15 is 0 Å². The van der Waals surface area contributed by atoms with Crippen LogP contribution in [0.1, 0.15) is 29.5 Å². The highest BCUT2D eigenvalue weighted by molar-refractivity contribution is 5.53. The Hall–Kier alpha value is -1.49. The zero-order chi connectivity index (χ0) is 9.97. The molecule has 0 aliphatic heterocycles. The minimum atomic E-state index is 0.430. The molecule has 0 heterocycles. The molecule has 2 N–H and O–H groups in total. The number of rotatable bonds is 1. The number of nitrogens with two attached hydrogens (primary N) is 1. The van der Waals surface area contributed by atoms with Crippen molar-refractivity contribution in [2.24, 2.45) is 0 Å². The third-order valence-corrected chi connectivity index (χ3v) is 2.87. The number of hydrogen-bond acceptors (Lipinski definition) is 2. The quantitative estimate of drug-likeness (QED) is 0.683. The molecule has 0 bridgehead atoms. The van der Waals surface area contributed by atoms with Gasteiger partial charge in [0, 0.05) is 5.69 Å². The highest BCUT2D eigenvalue weighted by atomic mass is 14.6. The van der Waals surface area contributed by atoms with Gasteiger partial charge in [-0.3, -0.25) is 0 Å². The molecule has 1 aromatic carbocycles. The van der Waals surface area contributed by atoms with Crippen LogP contribution < -0.4 is 5.73 Å². The average molecular weight is 186 g/mol. The van der Waals surface area contributed by atoms with E-state index in [1.165, 1.54) is 24.0 Å². The van der Waals surface area contributed by atoms with Crippen LogP contribution in [-0.4, -0.2) is 0 Å². The molecule has 14 heavy (non-hydrogen) atoms. The molecule has 0 spiro atoms. The third kappa shape index (κ3) is 1.58. The molecule has 0 unspecified atom stereocenters. The highest BCUT2D eigenvalue weighted by Gasteiger charge is 2.11. The Kier molecular flexibility index (Phi) is 2.41. The van der Waals surface area contributed by atoms with Crippen molar-refractivity contribution >= 4 is 5.69 Å². The molecule has 1 aliphatic rings. The summed E-state index contributed by atoms with van der Waals surface area (Å²) in [5.74, 6) is 0. The smallest absolute Gasteiger partial charge is 0.0670 e. The molecule has 0 amide bonds. The van der Waals surface area contributed by atoms with Gasteiger partial charge < -0.3 is 5.73 Å². The maximum absolute atomic E-state index is 8.64. The zero-order valence-corrected chi connectivity index (χ0v) is 8.21. The Morgan fingerprint density at radius 3 is 2.50 bits per heavy atom. The Labute approximate surface area is 84.3 Å². The van der Waals surface area contributed by atoms with E-state index in [1.807, 2.05) is 0 Å². The summed E-state index contributed by atoms with van der Waals surface area (Å²) in [5.41, 5.74) is 10.4. The fraction of sp³-hybridized carbons (Fsp3) is 0.417. The third-order valence-electron chi connectivity index (χ3n) is 2.87. The van der Waals surface area contributed by atoms with E-state index in [0.717, 1.165) is 24.1 Å².